The Kier molecular flexibility index (Phi) is 3.29. The lowest BCUT2D eigenvalue weighted by Crippen LogP contribution is -2.32. The van der Waals surface area contributed by atoms with Crippen LogP contribution in [0.25, 0.3) is 0 Å². The quantitative estimate of drug-likeness (QED) is 0.783. The molecule has 0 saturated heterocycles. The summed E-state index contributed by atoms with van der Waals surface area (Å²) in [7, 11) is 1.32. The lowest BCUT2D eigenvalue weighted by atomic mass is 9.86. The molecule has 0 aromatic carbocycles. The number of thiophene rings is 1. The molecule has 0 saturated carbocycles. The Morgan fingerprint density at radius 3 is 2.71 bits per heavy atom. The Morgan fingerprint density at radius 1 is 1.64 bits per heavy atom. The molecule has 1 rings (SSSR count). The van der Waals surface area contributed by atoms with Gasteiger partial charge in [0, 0.05) is 4.88 Å². The molecular weight excluding hydrogens is 200 g/mol. The zero-order valence-electron chi connectivity index (χ0n) is 8.48. The van der Waals surface area contributed by atoms with Crippen molar-refractivity contribution in [3.8, 4) is 0 Å². The predicted molar refractivity (Wildman–Crippen MR) is 55.1 cm³/mol. The van der Waals surface area contributed by atoms with E-state index >= 15 is 0 Å². The number of carbonyl (C=O) groups is 1. The smallest absolute Gasteiger partial charge is 0.314 e. The van der Waals surface area contributed by atoms with Crippen LogP contribution in [0.2, 0.25) is 0 Å². The Hall–Kier alpha value is -0.870. The second kappa shape index (κ2) is 4.11. The fraction of sp³-hybridized carbons (Fsp3) is 0.500. The van der Waals surface area contributed by atoms with E-state index in [0.717, 1.165) is 4.88 Å². The minimum absolute atomic E-state index is 0.404. The van der Waals surface area contributed by atoms with Crippen LogP contribution in [0, 0.1) is 5.41 Å². The second-order valence-electron chi connectivity index (χ2n) is 3.63. The summed E-state index contributed by atoms with van der Waals surface area (Å²) in [5, 5.41) is 11.8. The molecule has 14 heavy (non-hydrogen) atoms. The highest BCUT2D eigenvalue weighted by Crippen LogP contribution is 2.36. The van der Waals surface area contributed by atoms with Crippen molar-refractivity contribution < 1.29 is 14.6 Å². The van der Waals surface area contributed by atoms with E-state index in [4.69, 9.17) is 0 Å². The standard InChI is InChI=1S/C10H14O3S/c1-10(2,9(12)13-3)8(11)7-5-4-6-14-7/h4-6,8,11H,1-3H3. The number of hydrogen-bond donors (Lipinski definition) is 1. The molecule has 0 aliphatic heterocycles. The fourth-order valence-corrected chi connectivity index (χ4v) is 2.07. The van der Waals surface area contributed by atoms with Crippen LogP contribution in [-0.4, -0.2) is 18.2 Å². The Balaban J connectivity index is 2.88. The van der Waals surface area contributed by atoms with Gasteiger partial charge < -0.3 is 9.84 Å². The normalized spacial score (nSPS) is 13.7. The van der Waals surface area contributed by atoms with E-state index in [1.165, 1.54) is 18.4 Å². The maximum atomic E-state index is 11.4. The lowest BCUT2D eigenvalue weighted by molar-refractivity contribution is -0.157. The number of aliphatic hydroxyl groups excluding tert-OH is 1. The molecule has 0 aliphatic carbocycles. The monoisotopic (exact) mass is 214 g/mol. The number of hydrogen-bond acceptors (Lipinski definition) is 4. The highest BCUT2D eigenvalue weighted by atomic mass is 32.1. The van der Waals surface area contributed by atoms with E-state index < -0.39 is 17.5 Å². The molecule has 0 fully saturated rings. The fourth-order valence-electron chi connectivity index (χ4n) is 1.18. The molecule has 1 heterocycles. The summed E-state index contributed by atoms with van der Waals surface area (Å²) >= 11 is 1.43. The van der Waals surface area contributed by atoms with Crippen LogP contribution in [0.4, 0.5) is 0 Å². The summed E-state index contributed by atoms with van der Waals surface area (Å²) in [6, 6.07) is 3.65. The van der Waals surface area contributed by atoms with Crippen molar-refractivity contribution in [1.29, 1.82) is 0 Å². The predicted octanol–water partition coefficient (Wildman–Crippen LogP) is 1.98. The molecule has 3 nitrogen and oxygen atoms in total. The zero-order chi connectivity index (χ0) is 10.8. The van der Waals surface area contributed by atoms with Gasteiger partial charge in [0.15, 0.2) is 0 Å². The van der Waals surface area contributed by atoms with Crippen molar-refractivity contribution in [3.63, 3.8) is 0 Å². The van der Waals surface area contributed by atoms with Crippen molar-refractivity contribution in [2.24, 2.45) is 5.41 Å². The summed E-state index contributed by atoms with van der Waals surface area (Å²) in [4.78, 5) is 12.2. The number of esters is 1. The zero-order valence-corrected chi connectivity index (χ0v) is 9.30. The largest absolute Gasteiger partial charge is 0.469 e. The van der Waals surface area contributed by atoms with Gasteiger partial charge in [-0.25, -0.2) is 0 Å². The van der Waals surface area contributed by atoms with Gasteiger partial charge in [-0.05, 0) is 25.3 Å². The average Bonchev–Trinajstić information content (AvgIpc) is 2.67. The summed E-state index contributed by atoms with van der Waals surface area (Å²) in [5.74, 6) is -0.404. The van der Waals surface area contributed by atoms with Crippen LogP contribution in [0.3, 0.4) is 0 Å². The molecule has 1 aromatic rings. The average molecular weight is 214 g/mol. The van der Waals surface area contributed by atoms with E-state index in [2.05, 4.69) is 4.74 Å². The van der Waals surface area contributed by atoms with Crippen molar-refractivity contribution in [1.82, 2.24) is 0 Å². The summed E-state index contributed by atoms with van der Waals surface area (Å²) in [5.41, 5.74) is -0.903. The molecule has 0 spiro atoms. The molecule has 1 unspecified atom stereocenters. The Morgan fingerprint density at radius 2 is 2.29 bits per heavy atom. The third-order valence-electron chi connectivity index (χ3n) is 2.21. The van der Waals surface area contributed by atoms with Gasteiger partial charge in [0.2, 0.25) is 0 Å². The van der Waals surface area contributed by atoms with E-state index in [9.17, 15) is 9.90 Å². The molecular formula is C10H14O3S. The van der Waals surface area contributed by atoms with Crippen LogP contribution in [0.5, 0.6) is 0 Å². The van der Waals surface area contributed by atoms with Crippen molar-refractivity contribution in [2.45, 2.75) is 20.0 Å². The first-order chi connectivity index (χ1) is 6.50. The Bertz CT molecular complexity index is 303. The third-order valence-corrected chi connectivity index (χ3v) is 3.13. The first-order valence-corrected chi connectivity index (χ1v) is 5.18. The van der Waals surface area contributed by atoms with Crippen LogP contribution >= 0.6 is 11.3 Å². The van der Waals surface area contributed by atoms with Gasteiger partial charge in [-0.15, -0.1) is 11.3 Å². The van der Waals surface area contributed by atoms with Gasteiger partial charge in [0.25, 0.3) is 0 Å². The molecule has 0 amide bonds. The maximum Gasteiger partial charge on any atom is 0.314 e. The van der Waals surface area contributed by atoms with E-state index in [-0.39, 0.29) is 0 Å². The third kappa shape index (κ3) is 1.96. The first kappa shape index (κ1) is 11.2. The number of carbonyl (C=O) groups excluding carboxylic acids is 1. The van der Waals surface area contributed by atoms with Gasteiger partial charge in [-0.3, -0.25) is 4.79 Å². The molecule has 1 N–H and O–H groups in total. The van der Waals surface area contributed by atoms with Crippen LogP contribution in [0.1, 0.15) is 24.8 Å². The van der Waals surface area contributed by atoms with E-state index in [0.29, 0.717) is 0 Å². The molecule has 0 aliphatic rings. The Labute approximate surface area is 87.3 Å². The molecule has 78 valence electrons. The van der Waals surface area contributed by atoms with Crippen LogP contribution in [-0.2, 0) is 9.53 Å². The summed E-state index contributed by atoms with van der Waals surface area (Å²) < 4.78 is 4.64. The summed E-state index contributed by atoms with van der Waals surface area (Å²) in [6.45, 7) is 3.34. The highest BCUT2D eigenvalue weighted by Gasteiger charge is 2.38. The molecule has 1 aromatic heterocycles. The minimum atomic E-state index is -0.903. The van der Waals surface area contributed by atoms with Gasteiger partial charge >= 0.3 is 5.97 Å². The molecule has 1 atom stereocenters. The van der Waals surface area contributed by atoms with Gasteiger partial charge in [-0.2, -0.15) is 0 Å². The van der Waals surface area contributed by atoms with Crippen LogP contribution < -0.4 is 0 Å². The van der Waals surface area contributed by atoms with Gasteiger partial charge in [0.1, 0.15) is 6.10 Å². The number of methoxy groups -OCH3 is 1. The summed E-state index contributed by atoms with van der Waals surface area (Å²) in [6.07, 6.45) is -0.810. The first-order valence-electron chi connectivity index (χ1n) is 4.30. The molecule has 0 bridgehead atoms. The topological polar surface area (TPSA) is 46.5 Å². The van der Waals surface area contributed by atoms with Crippen molar-refractivity contribution in [2.75, 3.05) is 7.11 Å². The van der Waals surface area contributed by atoms with Crippen molar-refractivity contribution >= 4 is 17.3 Å². The second-order valence-corrected chi connectivity index (χ2v) is 4.61. The van der Waals surface area contributed by atoms with Gasteiger partial charge in [0.05, 0.1) is 12.5 Å². The number of ether oxygens (including phenoxy) is 1. The molecule has 0 radical (unpaired) electrons. The number of rotatable bonds is 3. The van der Waals surface area contributed by atoms with Crippen molar-refractivity contribution in [3.05, 3.63) is 22.4 Å². The number of aliphatic hydroxyl groups is 1. The van der Waals surface area contributed by atoms with Crippen LogP contribution in [0.15, 0.2) is 17.5 Å². The minimum Gasteiger partial charge on any atom is -0.469 e. The van der Waals surface area contributed by atoms with Gasteiger partial charge in [-0.1, -0.05) is 6.07 Å². The molecule has 4 heteroatoms. The van der Waals surface area contributed by atoms with E-state index in [1.54, 1.807) is 19.9 Å². The van der Waals surface area contributed by atoms with E-state index in [1.807, 2.05) is 11.4 Å². The maximum absolute atomic E-state index is 11.4. The lowest BCUT2D eigenvalue weighted by Gasteiger charge is -2.26. The SMILES string of the molecule is COC(=O)C(C)(C)C(O)c1cccs1. The highest BCUT2D eigenvalue weighted by molar-refractivity contribution is 7.10.